The van der Waals surface area contributed by atoms with Crippen LogP contribution in [-0.4, -0.2) is 54.0 Å². The summed E-state index contributed by atoms with van der Waals surface area (Å²) in [7, 11) is 2.22. The second-order valence-electron chi connectivity index (χ2n) is 7.80. The number of carbonyl (C=O) groups is 1. The lowest BCUT2D eigenvalue weighted by atomic mass is 9.98. The van der Waals surface area contributed by atoms with E-state index in [4.69, 9.17) is 4.42 Å². The van der Waals surface area contributed by atoms with E-state index in [0.29, 0.717) is 23.9 Å². The molecule has 0 aliphatic carbocycles. The van der Waals surface area contributed by atoms with Crippen LogP contribution in [0.2, 0.25) is 0 Å². The number of carbonyl (C=O) groups excluding carboxylic acids is 1. The minimum absolute atomic E-state index is 0.0474. The highest BCUT2D eigenvalue weighted by atomic mass is 16.4. The van der Waals surface area contributed by atoms with Gasteiger partial charge in [-0.25, -0.2) is 0 Å². The number of nitrogens with one attached hydrogen (secondary N) is 1. The second kappa shape index (κ2) is 6.89. The molecule has 1 aromatic rings. The Labute approximate surface area is 144 Å². The van der Waals surface area contributed by atoms with Gasteiger partial charge in [0.15, 0.2) is 5.76 Å². The fourth-order valence-electron chi connectivity index (χ4n) is 4.71. The molecule has 3 fully saturated rings. The molecule has 132 valence electrons. The zero-order valence-electron chi connectivity index (χ0n) is 14.7. The largest absolute Gasteiger partial charge is 0.455 e. The first kappa shape index (κ1) is 16.2. The van der Waals surface area contributed by atoms with E-state index < -0.39 is 0 Å². The number of rotatable bonds is 4. The first-order valence-electron chi connectivity index (χ1n) is 9.53. The summed E-state index contributed by atoms with van der Waals surface area (Å²) in [6.45, 7) is 3.10. The number of fused-ring (bicyclic) bond motifs is 2. The summed E-state index contributed by atoms with van der Waals surface area (Å²) in [4.78, 5) is 17.4. The van der Waals surface area contributed by atoms with Crippen LogP contribution in [0.25, 0.3) is 0 Å². The van der Waals surface area contributed by atoms with Crippen molar-refractivity contribution < 1.29 is 9.21 Å². The summed E-state index contributed by atoms with van der Waals surface area (Å²) in [6, 6.07) is 5.36. The van der Waals surface area contributed by atoms with E-state index in [1.807, 2.05) is 12.1 Å². The third kappa shape index (κ3) is 3.38. The van der Waals surface area contributed by atoms with Gasteiger partial charge in [-0.05, 0) is 70.8 Å². The molecule has 0 spiro atoms. The Morgan fingerprint density at radius 3 is 2.58 bits per heavy atom. The summed E-state index contributed by atoms with van der Waals surface area (Å²) in [5.41, 5.74) is 0. The van der Waals surface area contributed by atoms with Gasteiger partial charge in [0.1, 0.15) is 5.76 Å². The van der Waals surface area contributed by atoms with Crippen LogP contribution in [0.4, 0.5) is 0 Å². The zero-order valence-corrected chi connectivity index (χ0v) is 14.7. The molecule has 2 unspecified atom stereocenters. The summed E-state index contributed by atoms with van der Waals surface area (Å²) < 4.78 is 5.82. The van der Waals surface area contributed by atoms with Gasteiger partial charge in [-0.3, -0.25) is 9.69 Å². The molecule has 1 N–H and O–H groups in total. The van der Waals surface area contributed by atoms with Gasteiger partial charge in [0.05, 0.1) is 6.54 Å². The van der Waals surface area contributed by atoms with Crippen LogP contribution >= 0.6 is 0 Å². The number of likely N-dealkylation sites (tertiary alicyclic amines) is 1. The zero-order chi connectivity index (χ0) is 16.5. The number of nitrogens with zero attached hydrogens (tertiary/aromatic N) is 2. The van der Waals surface area contributed by atoms with E-state index in [9.17, 15) is 4.79 Å². The topological polar surface area (TPSA) is 48.7 Å². The predicted molar refractivity (Wildman–Crippen MR) is 92.9 cm³/mol. The van der Waals surface area contributed by atoms with Crippen molar-refractivity contribution in [3.8, 4) is 0 Å². The van der Waals surface area contributed by atoms with E-state index in [0.717, 1.165) is 38.2 Å². The number of furan rings is 1. The van der Waals surface area contributed by atoms with Crippen LogP contribution in [0.5, 0.6) is 0 Å². The Morgan fingerprint density at radius 2 is 1.88 bits per heavy atom. The van der Waals surface area contributed by atoms with E-state index in [1.54, 1.807) is 0 Å². The van der Waals surface area contributed by atoms with Crippen molar-refractivity contribution >= 4 is 5.91 Å². The molecular formula is C19H29N3O2. The SMILES string of the molecule is CN1C2CCC1CC(NC(=O)c1ccc(CN3CCCCC3)o1)C2. The molecule has 3 aliphatic rings. The van der Waals surface area contributed by atoms with Crippen LogP contribution < -0.4 is 5.32 Å². The standard InChI is InChI=1S/C19H29N3O2/c1-21-15-5-6-16(21)12-14(11-15)20-19(23)18-8-7-17(24-18)13-22-9-3-2-4-10-22/h7-8,14-16H,2-6,9-13H2,1H3,(H,20,23). The third-order valence-electron chi connectivity index (χ3n) is 6.15. The monoisotopic (exact) mass is 331 g/mol. The van der Waals surface area contributed by atoms with Crippen molar-refractivity contribution in [1.82, 2.24) is 15.1 Å². The number of amides is 1. The maximum absolute atomic E-state index is 12.5. The van der Waals surface area contributed by atoms with Gasteiger partial charge >= 0.3 is 0 Å². The molecule has 1 amide bonds. The van der Waals surface area contributed by atoms with Crippen LogP contribution in [0.3, 0.4) is 0 Å². The Bertz CT molecular complexity index is 565. The molecule has 3 saturated heterocycles. The Kier molecular flexibility index (Phi) is 4.63. The highest BCUT2D eigenvalue weighted by Crippen LogP contribution is 2.34. The average molecular weight is 331 g/mol. The summed E-state index contributed by atoms with van der Waals surface area (Å²) in [6.07, 6.45) is 8.56. The maximum Gasteiger partial charge on any atom is 0.287 e. The Morgan fingerprint density at radius 1 is 1.17 bits per heavy atom. The fraction of sp³-hybridized carbons (Fsp3) is 0.737. The molecule has 1 aromatic heterocycles. The molecule has 2 bridgehead atoms. The van der Waals surface area contributed by atoms with E-state index in [2.05, 4.69) is 22.2 Å². The van der Waals surface area contributed by atoms with E-state index in [-0.39, 0.29) is 5.91 Å². The van der Waals surface area contributed by atoms with Crippen molar-refractivity contribution in [2.45, 2.75) is 69.6 Å². The summed E-state index contributed by atoms with van der Waals surface area (Å²) >= 11 is 0. The van der Waals surface area contributed by atoms with E-state index in [1.165, 1.54) is 32.1 Å². The number of hydrogen-bond donors (Lipinski definition) is 1. The molecule has 3 aliphatic heterocycles. The normalized spacial score (nSPS) is 31.3. The molecule has 5 nitrogen and oxygen atoms in total. The van der Waals surface area contributed by atoms with Gasteiger partial charge in [-0.1, -0.05) is 6.42 Å². The van der Waals surface area contributed by atoms with Gasteiger partial charge < -0.3 is 14.6 Å². The van der Waals surface area contributed by atoms with Crippen molar-refractivity contribution in [3.05, 3.63) is 23.7 Å². The molecule has 5 heteroatoms. The third-order valence-corrected chi connectivity index (χ3v) is 6.15. The van der Waals surface area contributed by atoms with Gasteiger partial charge in [-0.2, -0.15) is 0 Å². The van der Waals surface area contributed by atoms with Crippen molar-refractivity contribution in [2.75, 3.05) is 20.1 Å². The minimum atomic E-state index is -0.0474. The van der Waals surface area contributed by atoms with Crippen molar-refractivity contribution in [3.63, 3.8) is 0 Å². The van der Waals surface area contributed by atoms with Crippen LogP contribution in [0, 0.1) is 0 Å². The molecule has 4 rings (SSSR count). The summed E-state index contributed by atoms with van der Waals surface area (Å²) in [5.74, 6) is 1.33. The van der Waals surface area contributed by atoms with Gasteiger partial charge in [-0.15, -0.1) is 0 Å². The van der Waals surface area contributed by atoms with Crippen LogP contribution in [0.1, 0.15) is 61.3 Å². The molecule has 2 atom stereocenters. The minimum Gasteiger partial charge on any atom is -0.455 e. The van der Waals surface area contributed by atoms with Crippen molar-refractivity contribution in [2.24, 2.45) is 0 Å². The van der Waals surface area contributed by atoms with Gasteiger partial charge in [0.25, 0.3) is 5.91 Å². The first-order valence-corrected chi connectivity index (χ1v) is 9.53. The Hall–Kier alpha value is -1.33. The van der Waals surface area contributed by atoms with Gasteiger partial charge in [0.2, 0.25) is 0 Å². The summed E-state index contributed by atoms with van der Waals surface area (Å²) in [5, 5.41) is 3.20. The molecule has 4 heterocycles. The molecular weight excluding hydrogens is 302 g/mol. The molecule has 24 heavy (non-hydrogen) atoms. The lowest BCUT2D eigenvalue weighted by molar-refractivity contribution is 0.0851. The van der Waals surface area contributed by atoms with Crippen molar-refractivity contribution in [1.29, 1.82) is 0 Å². The number of piperidine rings is 2. The lowest BCUT2D eigenvalue weighted by Gasteiger charge is -2.36. The Balaban J connectivity index is 1.32. The van der Waals surface area contributed by atoms with Gasteiger partial charge in [0, 0.05) is 18.1 Å². The maximum atomic E-state index is 12.5. The number of hydrogen-bond acceptors (Lipinski definition) is 4. The highest BCUT2D eigenvalue weighted by molar-refractivity contribution is 5.91. The lowest BCUT2D eigenvalue weighted by Crippen LogP contribution is -2.48. The van der Waals surface area contributed by atoms with Crippen LogP contribution in [-0.2, 0) is 6.54 Å². The smallest absolute Gasteiger partial charge is 0.287 e. The highest BCUT2D eigenvalue weighted by Gasteiger charge is 2.39. The molecule has 0 aromatic carbocycles. The second-order valence-corrected chi connectivity index (χ2v) is 7.80. The van der Waals surface area contributed by atoms with E-state index >= 15 is 0 Å². The molecule has 0 saturated carbocycles. The average Bonchev–Trinajstić information content (AvgIpc) is 3.11. The van der Waals surface area contributed by atoms with Crippen LogP contribution in [0.15, 0.2) is 16.5 Å². The predicted octanol–water partition coefficient (Wildman–Crippen LogP) is 2.62. The first-order chi connectivity index (χ1) is 11.7. The fourth-order valence-corrected chi connectivity index (χ4v) is 4.71. The quantitative estimate of drug-likeness (QED) is 0.921. The molecule has 0 radical (unpaired) electrons.